The minimum absolute atomic E-state index is 0.211. The minimum Gasteiger partial charge on any atom is -0.295 e. The molecule has 0 N–H and O–H groups in total. The second-order valence-corrected chi connectivity index (χ2v) is 5.20. The molecule has 1 aromatic carbocycles. The van der Waals surface area contributed by atoms with Crippen molar-refractivity contribution in [2.45, 2.75) is 18.6 Å². The molecule has 1 heterocycles. The zero-order valence-electron chi connectivity index (χ0n) is 9.52. The Bertz CT molecular complexity index is 374. The van der Waals surface area contributed by atoms with Crippen LogP contribution in [0.4, 0.5) is 0 Å². The van der Waals surface area contributed by atoms with E-state index in [1.807, 2.05) is 31.2 Å². The van der Waals surface area contributed by atoms with Crippen molar-refractivity contribution in [1.29, 1.82) is 0 Å². The molecule has 2 rings (SSSR count). The quantitative estimate of drug-likeness (QED) is 0.640. The number of Topliss-reactive ketones (excluding diaryl/α,β-unsaturated/α-hetero) is 1. The largest absolute Gasteiger partial charge is 0.295 e. The number of aryl methyl sites for hydroxylation is 1. The highest BCUT2D eigenvalue weighted by Gasteiger charge is 2.21. The van der Waals surface area contributed by atoms with Crippen molar-refractivity contribution in [2.75, 3.05) is 19.6 Å². The van der Waals surface area contributed by atoms with Crippen molar-refractivity contribution in [2.24, 2.45) is 0 Å². The number of carbonyl (C=O) groups is 1. The Morgan fingerprint density at radius 3 is 2.69 bits per heavy atom. The Morgan fingerprint density at radius 2 is 2.12 bits per heavy atom. The highest BCUT2D eigenvalue weighted by molar-refractivity contribution is 7.81. The van der Waals surface area contributed by atoms with Crippen molar-refractivity contribution in [3.8, 4) is 0 Å². The standard InChI is InChI=1S/C13H17NOS/c1-10-2-4-11(5-3-10)13(15)9-14-7-6-12(16)8-14/h2-5,12,16H,6-9H2,1H3. The Morgan fingerprint density at radius 1 is 1.44 bits per heavy atom. The summed E-state index contributed by atoms with van der Waals surface area (Å²) in [5.41, 5.74) is 2.00. The van der Waals surface area contributed by atoms with E-state index >= 15 is 0 Å². The van der Waals surface area contributed by atoms with Crippen LogP contribution in [0.1, 0.15) is 22.3 Å². The van der Waals surface area contributed by atoms with Crippen molar-refractivity contribution in [3.05, 3.63) is 35.4 Å². The maximum absolute atomic E-state index is 12.0. The van der Waals surface area contributed by atoms with Gasteiger partial charge in [-0.05, 0) is 19.9 Å². The molecule has 1 fully saturated rings. The number of thiol groups is 1. The lowest BCUT2D eigenvalue weighted by Crippen LogP contribution is -2.27. The molecule has 3 heteroatoms. The molecule has 0 spiro atoms. The van der Waals surface area contributed by atoms with Gasteiger partial charge >= 0.3 is 0 Å². The first kappa shape index (κ1) is 11.7. The van der Waals surface area contributed by atoms with Gasteiger partial charge in [-0.25, -0.2) is 0 Å². The molecule has 1 saturated heterocycles. The molecule has 0 aliphatic carbocycles. The zero-order valence-corrected chi connectivity index (χ0v) is 10.4. The first-order valence-electron chi connectivity index (χ1n) is 5.65. The van der Waals surface area contributed by atoms with Crippen LogP contribution in [-0.2, 0) is 0 Å². The molecule has 1 atom stereocenters. The van der Waals surface area contributed by atoms with Crippen LogP contribution < -0.4 is 0 Å². The summed E-state index contributed by atoms with van der Waals surface area (Å²) in [6, 6.07) is 7.79. The predicted octanol–water partition coefficient (Wildman–Crippen LogP) is 2.18. The number of ketones is 1. The highest BCUT2D eigenvalue weighted by atomic mass is 32.1. The molecule has 2 nitrogen and oxygen atoms in total. The molecule has 1 aliphatic heterocycles. The number of carbonyl (C=O) groups excluding carboxylic acids is 1. The lowest BCUT2D eigenvalue weighted by Gasteiger charge is -2.13. The van der Waals surface area contributed by atoms with Crippen LogP contribution in [0.25, 0.3) is 0 Å². The molecule has 0 bridgehead atoms. The van der Waals surface area contributed by atoms with Crippen molar-refractivity contribution in [3.63, 3.8) is 0 Å². The Balaban J connectivity index is 1.95. The van der Waals surface area contributed by atoms with Gasteiger partial charge in [-0.2, -0.15) is 12.6 Å². The van der Waals surface area contributed by atoms with Gasteiger partial charge in [0.1, 0.15) is 0 Å². The maximum Gasteiger partial charge on any atom is 0.176 e. The second-order valence-electron chi connectivity index (χ2n) is 4.47. The Labute approximate surface area is 102 Å². The molecule has 1 aliphatic rings. The third kappa shape index (κ3) is 2.86. The van der Waals surface area contributed by atoms with Crippen LogP contribution >= 0.6 is 12.6 Å². The smallest absolute Gasteiger partial charge is 0.176 e. The average molecular weight is 235 g/mol. The monoisotopic (exact) mass is 235 g/mol. The maximum atomic E-state index is 12.0. The van der Waals surface area contributed by atoms with E-state index in [-0.39, 0.29) is 5.78 Å². The molecule has 16 heavy (non-hydrogen) atoms. The van der Waals surface area contributed by atoms with Crippen LogP contribution in [0, 0.1) is 6.92 Å². The van der Waals surface area contributed by atoms with Gasteiger partial charge in [0.15, 0.2) is 5.78 Å². The normalized spacial score (nSPS) is 21.2. The summed E-state index contributed by atoms with van der Waals surface area (Å²) in [6.07, 6.45) is 1.09. The molecule has 1 aromatic rings. The van der Waals surface area contributed by atoms with E-state index in [4.69, 9.17) is 0 Å². The molecule has 0 amide bonds. The van der Waals surface area contributed by atoms with Crippen LogP contribution in [0.15, 0.2) is 24.3 Å². The van der Waals surface area contributed by atoms with Gasteiger partial charge < -0.3 is 0 Å². The molecular weight excluding hydrogens is 218 g/mol. The van der Waals surface area contributed by atoms with E-state index < -0.39 is 0 Å². The summed E-state index contributed by atoms with van der Waals surface area (Å²) in [5.74, 6) is 0.211. The van der Waals surface area contributed by atoms with Crippen molar-refractivity contribution >= 4 is 18.4 Å². The van der Waals surface area contributed by atoms with Gasteiger partial charge in [0, 0.05) is 17.4 Å². The van der Waals surface area contributed by atoms with E-state index in [9.17, 15) is 4.79 Å². The van der Waals surface area contributed by atoms with Crippen molar-refractivity contribution < 1.29 is 4.79 Å². The number of hydrogen-bond acceptors (Lipinski definition) is 3. The molecule has 0 radical (unpaired) electrons. The summed E-state index contributed by atoms with van der Waals surface area (Å²) in [7, 11) is 0. The highest BCUT2D eigenvalue weighted by Crippen LogP contribution is 2.14. The molecular formula is C13H17NOS. The minimum atomic E-state index is 0.211. The van der Waals surface area contributed by atoms with Gasteiger partial charge in [-0.3, -0.25) is 9.69 Å². The first-order valence-corrected chi connectivity index (χ1v) is 6.17. The molecule has 1 unspecified atom stereocenters. The van der Waals surface area contributed by atoms with Gasteiger partial charge in [-0.15, -0.1) is 0 Å². The topological polar surface area (TPSA) is 20.3 Å². The third-order valence-electron chi connectivity index (χ3n) is 2.99. The fourth-order valence-corrected chi connectivity index (χ4v) is 2.34. The van der Waals surface area contributed by atoms with E-state index in [1.54, 1.807) is 0 Å². The second kappa shape index (κ2) is 5.02. The zero-order chi connectivity index (χ0) is 11.5. The Kier molecular flexibility index (Phi) is 3.66. The number of benzene rings is 1. The number of nitrogens with zero attached hydrogens (tertiary/aromatic N) is 1. The number of hydrogen-bond donors (Lipinski definition) is 1. The van der Waals surface area contributed by atoms with Gasteiger partial charge in [0.25, 0.3) is 0 Å². The van der Waals surface area contributed by atoms with Crippen LogP contribution in [0.3, 0.4) is 0 Å². The first-order chi connectivity index (χ1) is 7.65. The molecule has 0 aromatic heterocycles. The van der Waals surface area contributed by atoms with Gasteiger partial charge in [0.2, 0.25) is 0 Å². The van der Waals surface area contributed by atoms with E-state index in [0.29, 0.717) is 11.8 Å². The lowest BCUT2D eigenvalue weighted by molar-refractivity contribution is 0.0945. The Hall–Kier alpha value is -0.800. The number of likely N-dealkylation sites (tertiary alicyclic amines) is 1. The summed E-state index contributed by atoms with van der Waals surface area (Å²) in [5, 5.41) is 0.436. The summed E-state index contributed by atoms with van der Waals surface area (Å²) in [6.45, 7) is 4.48. The van der Waals surface area contributed by atoms with Crippen LogP contribution in [0.2, 0.25) is 0 Å². The van der Waals surface area contributed by atoms with E-state index in [2.05, 4.69) is 17.5 Å². The van der Waals surface area contributed by atoms with Crippen molar-refractivity contribution in [1.82, 2.24) is 4.90 Å². The van der Waals surface area contributed by atoms with Crippen LogP contribution in [-0.4, -0.2) is 35.6 Å². The fraction of sp³-hybridized carbons (Fsp3) is 0.462. The third-order valence-corrected chi connectivity index (χ3v) is 3.41. The number of rotatable bonds is 3. The van der Waals surface area contributed by atoms with E-state index in [0.717, 1.165) is 25.1 Å². The van der Waals surface area contributed by atoms with Gasteiger partial charge in [-0.1, -0.05) is 29.8 Å². The summed E-state index contributed by atoms with van der Waals surface area (Å²) < 4.78 is 0. The lowest BCUT2D eigenvalue weighted by atomic mass is 10.1. The SMILES string of the molecule is Cc1ccc(C(=O)CN2CCC(S)C2)cc1. The predicted molar refractivity (Wildman–Crippen MR) is 69.3 cm³/mol. The average Bonchev–Trinajstić information content (AvgIpc) is 2.65. The summed E-state index contributed by atoms with van der Waals surface area (Å²) in [4.78, 5) is 14.1. The van der Waals surface area contributed by atoms with Gasteiger partial charge in [0.05, 0.1) is 6.54 Å². The molecule has 0 saturated carbocycles. The summed E-state index contributed by atoms with van der Waals surface area (Å²) >= 11 is 4.42. The van der Waals surface area contributed by atoms with E-state index in [1.165, 1.54) is 5.56 Å². The fourth-order valence-electron chi connectivity index (χ4n) is 1.99. The molecule has 86 valence electrons. The van der Waals surface area contributed by atoms with Crippen LogP contribution in [0.5, 0.6) is 0 Å².